The average Bonchev–Trinajstić information content (AvgIpc) is 2.70. The molecule has 4 nitrogen and oxygen atoms in total. The Kier molecular flexibility index (Phi) is 6.10. The Morgan fingerprint density at radius 1 is 1.10 bits per heavy atom. The zero-order valence-electron chi connectivity index (χ0n) is 17.9. The third-order valence-electron chi connectivity index (χ3n) is 6.06. The van der Waals surface area contributed by atoms with Gasteiger partial charge in [0.2, 0.25) is 0 Å². The summed E-state index contributed by atoms with van der Waals surface area (Å²) in [5.74, 6) is -0.348. The van der Waals surface area contributed by atoms with E-state index in [1.54, 1.807) is 12.3 Å². The van der Waals surface area contributed by atoms with E-state index in [0.717, 1.165) is 47.3 Å². The molecule has 1 aromatic heterocycles. The van der Waals surface area contributed by atoms with Gasteiger partial charge in [0.1, 0.15) is 11.5 Å². The summed E-state index contributed by atoms with van der Waals surface area (Å²) in [6.07, 6.45) is 6.95. The first kappa shape index (κ1) is 21.5. The van der Waals surface area contributed by atoms with Crippen LogP contribution < -0.4 is 5.32 Å². The molecule has 0 radical (unpaired) electrons. The molecule has 1 atom stereocenters. The summed E-state index contributed by atoms with van der Waals surface area (Å²) >= 11 is 0. The minimum atomic E-state index is -3.09. The molecule has 31 heavy (non-hydrogen) atoms. The molecule has 162 valence electrons. The zero-order chi connectivity index (χ0) is 22.0. The van der Waals surface area contributed by atoms with Crippen molar-refractivity contribution in [1.29, 1.82) is 0 Å². The van der Waals surface area contributed by atoms with Crippen LogP contribution in [0, 0.1) is 12.7 Å². The molecule has 4 rings (SSSR count). The summed E-state index contributed by atoms with van der Waals surface area (Å²) in [5.41, 5.74) is 6.11. The van der Waals surface area contributed by atoms with Crippen LogP contribution in [0.25, 0.3) is 11.3 Å². The van der Waals surface area contributed by atoms with E-state index in [2.05, 4.69) is 10.3 Å². The molecular weight excluding hydrogens is 411 g/mol. The van der Waals surface area contributed by atoms with Gasteiger partial charge in [-0.3, -0.25) is 4.98 Å². The molecular formula is C25H27FN2O2S. The third-order valence-corrected chi connectivity index (χ3v) is 7.67. The fourth-order valence-electron chi connectivity index (χ4n) is 4.32. The van der Waals surface area contributed by atoms with Gasteiger partial charge in [-0.2, -0.15) is 0 Å². The minimum absolute atomic E-state index is 0.333. The lowest BCUT2D eigenvalue weighted by Gasteiger charge is -2.23. The molecule has 0 fully saturated rings. The van der Waals surface area contributed by atoms with E-state index in [0.29, 0.717) is 18.5 Å². The van der Waals surface area contributed by atoms with Crippen LogP contribution in [0.1, 0.15) is 36.0 Å². The number of nitrogens with one attached hydrogen (secondary N) is 1. The number of nitrogens with zero attached hydrogens (tertiary/aromatic N) is 1. The highest BCUT2D eigenvalue weighted by Gasteiger charge is 2.24. The number of halogens is 1. The molecule has 0 bridgehead atoms. The number of sulfone groups is 1. The first-order valence-corrected chi connectivity index (χ1v) is 12.6. The van der Waals surface area contributed by atoms with Gasteiger partial charge in [-0.15, -0.1) is 0 Å². The van der Waals surface area contributed by atoms with E-state index in [1.165, 1.54) is 17.9 Å². The Morgan fingerprint density at radius 2 is 1.94 bits per heavy atom. The fourth-order valence-corrected chi connectivity index (χ4v) is 5.40. The highest BCUT2D eigenvalue weighted by atomic mass is 32.2. The number of anilines is 2. The van der Waals surface area contributed by atoms with Gasteiger partial charge in [0.15, 0.2) is 9.84 Å². The van der Waals surface area contributed by atoms with Gasteiger partial charge in [0.05, 0.1) is 5.25 Å². The number of benzene rings is 2. The van der Waals surface area contributed by atoms with Gasteiger partial charge in [0, 0.05) is 29.4 Å². The summed E-state index contributed by atoms with van der Waals surface area (Å²) in [6, 6.07) is 14.9. The first-order valence-electron chi connectivity index (χ1n) is 10.6. The Morgan fingerprint density at radius 3 is 2.71 bits per heavy atom. The molecule has 6 heteroatoms. The molecule has 2 aromatic carbocycles. The maximum absolute atomic E-state index is 14.3. The van der Waals surface area contributed by atoms with Gasteiger partial charge in [-0.25, -0.2) is 12.8 Å². The molecule has 0 aliphatic heterocycles. The smallest absolute Gasteiger partial charge is 0.150 e. The van der Waals surface area contributed by atoms with Gasteiger partial charge >= 0.3 is 0 Å². The van der Waals surface area contributed by atoms with Crippen LogP contribution in [0.3, 0.4) is 0 Å². The van der Waals surface area contributed by atoms with Gasteiger partial charge in [-0.1, -0.05) is 24.6 Å². The van der Waals surface area contributed by atoms with Crippen molar-refractivity contribution in [3.05, 3.63) is 77.2 Å². The molecule has 0 saturated heterocycles. The van der Waals surface area contributed by atoms with Crippen LogP contribution >= 0.6 is 0 Å². The van der Waals surface area contributed by atoms with Crippen LogP contribution in [0.15, 0.2) is 54.7 Å². The van der Waals surface area contributed by atoms with Crippen LogP contribution in [-0.2, 0) is 22.7 Å². The predicted octanol–water partition coefficient (Wildman–Crippen LogP) is 5.62. The number of fused-ring (bicyclic) bond motifs is 1. The Bertz CT molecular complexity index is 1210. The number of hydrogen-bond acceptors (Lipinski definition) is 4. The van der Waals surface area contributed by atoms with Crippen molar-refractivity contribution in [1.82, 2.24) is 4.98 Å². The normalized spacial score (nSPS) is 16.8. The average molecular weight is 439 g/mol. The maximum atomic E-state index is 14.3. The molecule has 1 N–H and O–H groups in total. The number of aromatic nitrogens is 1. The van der Waals surface area contributed by atoms with Crippen molar-refractivity contribution in [2.75, 3.05) is 11.6 Å². The largest absolute Gasteiger partial charge is 0.355 e. The summed E-state index contributed by atoms with van der Waals surface area (Å²) in [5, 5.41) is 3.16. The second-order valence-corrected chi connectivity index (χ2v) is 10.7. The van der Waals surface area contributed by atoms with Crippen molar-refractivity contribution in [2.24, 2.45) is 0 Å². The highest BCUT2D eigenvalue weighted by Crippen LogP contribution is 2.33. The second kappa shape index (κ2) is 8.79. The van der Waals surface area contributed by atoms with E-state index < -0.39 is 9.84 Å². The molecule has 3 aromatic rings. The van der Waals surface area contributed by atoms with Crippen molar-refractivity contribution >= 4 is 21.2 Å². The van der Waals surface area contributed by atoms with E-state index >= 15 is 0 Å². The number of hydrogen-bond donors (Lipinski definition) is 1. The molecule has 1 unspecified atom stereocenters. The Balaban J connectivity index is 1.69. The van der Waals surface area contributed by atoms with Crippen LogP contribution in [0.4, 0.5) is 15.8 Å². The molecule has 1 heterocycles. The lowest BCUT2D eigenvalue weighted by Crippen LogP contribution is -2.24. The van der Waals surface area contributed by atoms with Crippen LogP contribution in [0.5, 0.6) is 0 Å². The van der Waals surface area contributed by atoms with Crippen molar-refractivity contribution < 1.29 is 12.8 Å². The fraction of sp³-hybridized carbons (Fsp3) is 0.320. The van der Waals surface area contributed by atoms with E-state index in [-0.39, 0.29) is 11.1 Å². The lowest BCUT2D eigenvalue weighted by molar-refractivity contribution is 0.556. The molecule has 0 spiro atoms. The standard InChI is InChI=1S/C25H27FN2O2S/c1-17-12-13-19(16-22(17)25-23(26)10-6-14-27-25)28-24-11-5-7-18-15-20(31(2,29)30)8-3-4-9-21(18)24/h5-7,10-14,16,20,28H,3-4,8-9,15H2,1-2H3. The summed E-state index contributed by atoms with van der Waals surface area (Å²) in [7, 11) is -3.09. The van der Waals surface area contributed by atoms with Gasteiger partial charge in [0.25, 0.3) is 0 Å². The molecule has 1 aliphatic rings. The quantitative estimate of drug-likeness (QED) is 0.574. The highest BCUT2D eigenvalue weighted by molar-refractivity contribution is 7.91. The van der Waals surface area contributed by atoms with E-state index in [9.17, 15) is 12.8 Å². The van der Waals surface area contributed by atoms with Crippen molar-refractivity contribution in [3.8, 4) is 11.3 Å². The summed E-state index contributed by atoms with van der Waals surface area (Å²) in [6.45, 7) is 1.94. The van der Waals surface area contributed by atoms with Gasteiger partial charge < -0.3 is 5.32 Å². The van der Waals surface area contributed by atoms with E-state index in [1.807, 2.05) is 43.3 Å². The lowest BCUT2D eigenvalue weighted by atomic mass is 9.91. The van der Waals surface area contributed by atoms with Gasteiger partial charge in [-0.05, 0) is 79.6 Å². The predicted molar refractivity (Wildman–Crippen MR) is 124 cm³/mol. The minimum Gasteiger partial charge on any atom is -0.355 e. The summed E-state index contributed by atoms with van der Waals surface area (Å²) in [4.78, 5) is 4.22. The first-order chi connectivity index (χ1) is 14.8. The number of aryl methyl sites for hydroxylation is 1. The third kappa shape index (κ3) is 4.79. The molecule has 0 saturated carbocycles. The number of pyridine rings is 1. The van der Waals surface area contributed by atoms with Crippen LogP contribution in [-0.4, -0.2) is 24.9 Å². The van der Waals surface area contributed by atoms with E-state index in [4.69, 9.17) is 0 Å². The zero-order valence-corrected chi connectivity index (χ0v) is 18.7. The van der Waals surface area contributed by atoms with Crippen molar-refractivity contribution in [2.45, 2.75) is 44.3 Å². The Labute approximate surface area is 183 Å². The van der Waals surface area contributed by atoms with Crippen LogP contribution in [0.2, 0.25) is 0 Å². The maximum Gasteiger partial charge on any atom is 0.150 e. The molecule has 0 amide bonds. The van der Waals surface area contributed by atoms with Crippen molar-refractivity contribution in [3.63, 3.8) is 0 Å². The SMILES string of the molecule is Cc1ccc(Nc2cccc3c2CCCCC(S(C)(=O)=O)C3)cc1-c1ncccc1F. The second-order valence-electron chi connectivity index (χ2n) is 8.33. The molecule has 1 aliphatic carbocycles. The Hall–Kier alpha value is -2.73. The topological polar surface area (TPSA) is 59.1 Å². The summed E-state index contributed by atoms with van der Waals surface area (Å²) < 4.78 is 38.8. The monoisotopic (exact) mass is 438 g/mol. The number of rotatable bonds is 4.